The lowest BCUT2D eigenvalue weighted by Crippen LogP contribution is -1.98. The summed E-state index contributed by atoms with van der Waals surface area (Å²) in [6.45, 7) is 4.13. The van der Waals surface area contributed by atoms with Gasteiger partial charge in [-0.3, -0.25) is 4.68 Å². The molecule has 0 fully saturated rings. The van der Waals surface area contributed by atoms with Crippen LogP contribution in [0.15, 0.2) is 18.2 Å². The summed E-state index contributed by atoms with van der Waals surface area (Å²) in [7, 11) is 1.81. The molecule has 0 spiro atoms. The van der Waals surface area contributed by atoms with Crippen LogP contribution >= 0.6 is 23.2 Å². The minimum Gasteiger partial charge on any atom is -0.383 e. The zero-order chi connectivity index (χ0) is 13.4. The molecule has 0 atom stereocenters. The Kier molecular flexibility index (Phi) is 3.55. The molecule has 0 amide bonds. The fraction of sp³-hybridized carbons (Fsp3) is 0.308. The van der Waals surface area contributed by atoms with Crippen molar-refractivity contribution < 1.29 is 0 Å². The van der Waals surface area contributed by atoms with E-state index in [1.165, 1.54) is 0 Å². The molecule has 18 heavy (non-hydrogen) atoms. The fourth-order valence-electron chi connectivity index (χ4n) is 1.96. The van der Waals surface area contributed by atoms with Crippen LogP contribution in [0.25, 0.3) is 11.1 Å². The molecule has 0 saturated carbocycles. The molecule has 0 saturated heterocycles. The lowest BCUT2D eigenvalue weighted by atomic mass is 9.99. The third kappa shape index (κ3) is 2.08. The lowest BCUT2D eigenvalue weighted by molar-refractivity contribution is 0.719. The van der Waals surface area contributed by atoms with Crippen LogP contribution in [-0.2, 0) is 7.05 Å². The van der Waals surface area contributed by atoms with Gasteiger partial charge in [0, 0.05) is 12.6 Å². The molecule has 1 aromatic carbocycles. The first-order chi connectivity index (χ1) is 8.43. The van der Waals surface area contributed by atoms with Crippen molar-refractivity contribution in [2.75, 3.05) is 5.73 Å². The molecule has 0 unspecified atom stereocenters. The molecule has 0 radical (unpaired) electrons. The third-order valence-electron chi connectivity index (χ3n) is 2.88. The van der Waals surface area contributed by atoms with Crippen LogP contribution in [-0.4, -0.2) is 9.78 Å². The summed E-state index contributed by atoms with van der Waals surface area (Å²) in [5.41, 5.74) is 8.60. The summed E-state index contributed by atoms with van der Waals surface area (Å²) in [5, 5.41) is 5.62. The molecule has 1 aromatic heterocycles. The predicted molar refractivity (Wildman–Crippen MR) is 77.2 cm³/mol. The Morgan fingerprint density at radius 3 is 2.22 bits per heavy atom. The van der Waals surface area contributed by atoms with E-state index < -0.39 is 0 Å². The van der Waals surface area contributed by atoms with Crippen molar-refractivity contribution >= 4 is 29.0 Å². The predicted octanol–water partition coefficient (Wildman–Crippen LogP) is 4.10. The van der Waals surface area contributed by atoms with E-state index in [2.05, 4.69) is 18.9 Å². The van der Waals surface area contributed by atoms with Crippen molar-refractivity contribution in [3.8, 4) is 11.1 Å². The van der Waals surface area contributed by atoms with Crippen molar-refractivity contribution in [3.05, 3.63) is 33.9 Å². The smallest absolute Gasteiger partial charge is 0.129 e. The monoisotopic (exact) mass is 283 g/mol. The quantitative estimate of drug-likeness (QED) is 0.902. The SMILES string of the molecule is CC(C)c1nn(C)c(N)c1-c1c(Cl)cccc1Cl. The number of halogens is 2. The number of aromatic nitrogens is 2. The summed E-state index contributed by atoms with van der Waals surface area (Å²) >= 11 is 12.5. The highest BCUT2D eigenvalue weighted by Gasteiger charge is 2.21. The normalized spacial score (nSPS) is 11.2. The van der Waals surface area contributed by atoms with E-state index in [0.717, 1.165) is 16.8 Å². The maximum absolute atomic E-state index is 6.24. The number of anilines is 1. The molecule has 96 valence electrons. The van der Waals surface area contributed by atoms with E-state index in [4.69, 9.17) is 28.9 Å². The highest BCUT2D eigenvalue weighted by molar-refractivity contribution is 6.39. The maximum Gasteiger partial charge on any atom is 0.129 e. The van der Waals surface area contributed by atoms with Crippen molar-refractivity contribution in [3.63, 3.8) is 0 Å². The van der Waals surface area contributed by atoms with E-state index in [1.807, 2.05) is 13.1 Å². The van der Waals surface area contributed by atoms with E-state index in [0.29, 0.717) is 15.9 Å². The van der Waals surface area contributed by atoms with Crippen molar-refractivity contribution in [1.82, 2.24) is 9.78 Å². The van der Waals surface area contributed by atoms with Gasteiger partial charge in [0.1, 0.15) is 5.82 Å². The molecule has 3 nitrogen and oxygen atoms in total. The molecule has 2 aromatic rings. The van der Waals surface area contributed by atoms with Gasteiger partial charge in [-0.2, -0.15) is 5.10 Å². The van der Waals surface area contributed by atoms with E-state index >= 15 is 0 Å². The number of nitrogens with two attached hydrogens (primary N) is 1. The largest absolute Gasteiger partial charge is 0.383 e. The number of hydrogen-bond donors (Lipinski definition) is 1. The number of rotatable bonds is 2. The van der Waals surface area contributed by atoms with Crippen molar-refractivity contribution in [1.29, 1.82) is 0 Å². The Morgan fingerprint density at radius 1 is 1.17 bits per heavy atom. The molecule has 0 aliphatic rings. The molecule has 0 aliphatic carbocycles. The van der Waals surface area contributed by atoms with Crippen LogP contribution in [0.1, 0.15) is 25.5 Å². The fourth-order valence-corrected chi connectivity index (χ4v) is 2.54. The number of benzene rings is 1. The van der Waals surface area contributed by atoms with E-state index in [1.54, 1.807) is 16.8 Å². The highest BCUT2D eigenvalue weighted by Crippen LogP contribution is 2.41. The van der Waals surface area contributed by atoms with Crippen LogP contribution in [0.3, 0.4) is 0 Å². The van der Waals surface area contributed by atoms with Crippen molar-refractivity contribution in [2.24, 2.45) is 7.05 Å². The molecule has 2 rings (SSSR count). The molecular formula is C13H15Cl2N3. The first-order valence-corrected chi connectivity index (χ1v) is 6.45. The maximum atomic E-state index is 6.24. The highest BCUT2D eigenvalue weighted by atomic mass is 35.5. The molecule has 2 N–H and O–H groups in total. The van der Waals surface area contributed by atoms with Gasteiger partial charge in [0.25, 0.3) is 0 Å². The number of hydrogen-bond acceptors (Lipinski definition) is 2. The van der Waals surface area contributed by atoms with Gasteiger partial charge in [-0.05, 0) is 18.1 Å². The Balaban J connectivity index is 2.78. The van der Waals surface area contributed by atoms with E-state index in [-0.39, 0.29) is 5.92 Å². The van der Waals surface area contributed by atoms with Gasteiger partial charge in [-0.25, -0.2) is 0 Å². The molecule has 5 heteroatoms. The summed E-state index contributed by atoms with van der Waals surface area (Å²) in [5.74, 6) is 0.824. The summed E-state index contributed by atoms with van der Waals surface area (Å²) in [4.78, 5) is 0. The second kappa shape index (κ2) is 4.82. The lowest BCUT2D eigenvalue weighted by Gasteiger charge is -2.10. The van der Waals surface area contributed by atoms with Gasteiger partial charge in [0.15, 0.2) is 0 Å². The van der Waals surface area contributed by atoms with Gasteiger partial charge in [-0.15, -0.1) is 0 Å². The minimum absolute atomic E-state index is 0.246. The first kappa shape index (κ1) is 13.2. The number of nitrogen functional groups attached to an aromatic ring is 1. The third-order valence-corrected chi connectivity index (χ3v) is 3.51. The second-order valence-corrected chi connectivity index (χ2v) is 5.33. The zero-order valence-electron chi connectivity index (χ0n) is 10.5. The second-order valence-electron chi connectivity index (χ2n) is 4.52. The minimum atomic E-state index is 0.246. The zero-order valence-corrected chi connectivity index (χ0v) is 12.0. The summed E-state index contributed by atoms with van der Waals surface area (Å²) in [6.07, 6.45) is 0. The first-order valence-electron chi connectivity index (χ1n) is 5.70. The van der Waals surface area contributed by atoms with Crippen LogP contribution in [0.2, 0.25) is 10.0 Å². The van der Waals surface area contributed by atoms with Crippen molar-refractivity contribution in [2.45, 2.75) is 19.8 Å². The molecule has 0 aliphatic heterocycles. The van der Waals surface area contributed by atoms with Gasteiger partial charge in [0.2, 0.25) is 0 Å². The van der Waals surface area contributed by atoms with E-state index in [9.17, 15) is 0 Å². The van der Waals surface area contributed by atoms with Gasteiger partial charge < -0.3 is 5.73 Å². The Hall–Kier alpha value is -1.19. The van der Waals surface area contributed by atoms with Crippen LogP contribution < -0.4 is 5.73 Å². The number of nitrogens with zero attached hydrogens (tertiary/aromatic N) is 2. The van der Waals surface area contributed by atoms with Crippen LogP contribution in [0.4, 0.5) is 5.82 Å². The number of aryl methyl sites for hydroxylation is 1. The van der Waals surface area contributed by atoms with Crippen LogP contribution in [0.5, 0.6) is 0 Å². The average Bonchev–Trinajstić information content (AvgIpc) is 2.57. The van der Waals surface area contributed by atoms with Gasteiger partial charge in [-0.1, -0.05) is 43.1 Å². The van der Waals surface area contributed by atoms with Gasteiger partial charge >= 0.3 is 0 Å². The average molecular weight is 284 g/mol. The summed E-state index contributed by atoms with van der Waals surface area (Å²) < 4.78 is 1.66. The molecular weight excluding hydrogens is 269 g/mol. The molecule has 0 bridgehead atoms. The summed E-state index contributed by atoms with van der Waals surface area (Å²) in [6, 6.07) is 5.43. The topological polar surface area (TPSA) is 43.8 Å². The van der Waals surface area contributed by atoms with Crippen LogP contribution in [0, 0.1) is 0 Å². The Bertz CT molecular complexity index is 568. The molecule has 1 heterocycles. The Labute approximate surface area is 117 Å². The standard InChI is InChI=1S/C13H15Cl2N3/c1-7(2)12-11(13(16)18(3)17-12)10-8(14)5-4-6-9(10)15/h4-7H,16H2,1-3H3. The van der Waals surface area contributed by atoms with Gasteiger partial charge in [0.05, 0.1) is 21.3 Å². The Morgan fingerprint density at radius 2 is 1.72 bits per heavy atom.